The standard InChI is InChI=1S/C20H19ClN4O7S2/c1-10-17(21)20(31-23-10)24-34(28,29)15-4-5-33-18(15)19(27)22-13-6-12-9-30-32-14(12)7-11(13)8-16(26)25(2)3/h4-7,24H,8-9H2,1-3H3,(H,22,27). The van der Waals surface area contributed by atoms with Crippen molar-refractivity contribution in [3.05, 3.63) is 50.3 Å². The summed E-state index contributed by atoms with van der Waals surface area (Å²) in [6.45, 7) is 1.72. The molecule has 14 heteroatoms. The topological polar surface area (TPSA) is 140 Å². The molecule has 1 aliphatic rings. The number of likely N-dealkylation sites (N-methyl/N-ethyl adjacent to an activating group) is 1. The third kappa shape index (κ3) is 4.73. The lowest BCUT2D eigenvalue weighted by Crippen LogP contribution is -2.24. The summed E-state index contributed by atoms with van der Waals surface area (Å²) in [5.41, 5.74) is 1.81. The van der Waals surface area contributed by atoms with Crippen LogP contribution in [-0.4, -0.2) is 44.4 Å². The number of carbonyl (C=O) groups is 2. The second kappa shape index (κ2) is 9.25. The molecule has 11 nitrogen and oxygen atoms in total. The summed E-state index contributed by atoms with van der Waals surface area (Å²) in [5.74, 6) is -0.673. The quantitative estimate of drug-likeness (QED) is 0.447. The van der Waals surface area contributed by atoms with Gasteiger partial charge in [-0.1, -0.05) is 16.8 Å². The number of nitrogens with one attached hydrogen (secondary N) is 2. The molecule has 2 aromatic heterocycles. The summed E-state index contributed by atoms with van der Waals surface area (Å²) in [5, 5.41) is 7.81. The number of benzene rings is 1. The summed E-state index contributed by atoms with van der Waals surface area (Å²) in [6, 6.07) is 4.54. The van der Waals surface area contributed by atoms with Crippen molar-refractivity contribution >= 4 is 56.3 Å². The van der Waals surface area contributed by atoms with Crippen molar-refractivity contribution in [2.45, 2.75) is 24.8 Å². The van der Waals surface area contributed by atoms with Crippen LogP contribution >= 0.6 is 22.9 Å². The van der Waals surface area contributed by atoms with Crippen molar-refractivity contribution in [1.82, 2.24) is 10.1 Å². The van der Waals surface area contributed by atoms with Crippen molar-refractivity contribution < 1.29 is 32.3 Å². The molecule has 0 radical (unpaired) electrons. The molecule has 0 fully saturated rings. The molecule has 0 saturated heterocycles. The number of hydrogen-bond donors (Lipinski definition) is 2. The lowest BCUT2D eigenvalue weighted by molar-refractivity contribution is -0.194. The lowest BCUT2D eigenvalue weighted by Gasteiger charge is -2.15. The first kappa shape index (κ1) is 24.0. The van der Waals surface area contributed by atoms with Crippen LogP contribution in [0.4, 0.5) is 11.6 Å². The minimum absolute atomic E-state index is 0.0141. The van der Waals surface area contributed by atoms with Crippen molar-refractivity contribution in [1.29, 1.82) is 0 Å². The average molecular weight is 527 g/mol. The van der Waals surface area contributed by atoms with Gasteiger partial charge in [0.15, 0.2) is 5.75 Å². The summed E-state index contributed by atoms with van der Waals surface area (Å²) in [6.07, 6.45) is -0.0141. The van der Waals surface area contributed by atoms with Crippen LogP contribution in [0.2, 0.25) is 5.02 Å². The van der Waals surface area contributed by atoms with Gasteiger partial charge in [0.05, 0.1) is 6.42 Å². The van der Waals surface area contributed by atoms with E-state index in [1.807, 2.05) is 0 Å². The monoisotopic (exact) mass is 526 g/mol. The zero-order chi connectivity index (χ0) is 24.6. The third-order valence-corrected chi connectivity index (χ3v) is 7.74. The van der Waals surface area contributed by atoms with Gasteiger partial charge < -0.3 is 19.6 Å². The number of aryl methyl sites for hydroxylation is 1. The molecular weight excluding hydrogens is 508 g/mol. The van der Waals surface area contributed by atoms with Crippen molar-refractivity contribution in [2.75, 3.05) is 24.1 Å². The number of fused-ring (bicyclic) bond motifs is 1. The Morgan fingerprint density at radius 2 is 2.06 bits per heavy atom. The van der Waals surface area contributed by atoms with E-state index in [0.29, 0.717) is 28.3 Å². The van der Waals surface area contributed by atoms with Gasteiger partial charge in [0, 0.05) is 25.3 Å². The lowest BCUT2D eigenvalue weighted by atomic mass is 10.0. The molecule has 0 bridgehead atoms. The number of rotatable bonds is 7. The van der Waals surface area contributed by atoms with Crippen molar-refractivity contribution in [3.8, 4) is 5.75 Å². The molecule has 1 aromatic carbocycles. The van der Waals surface area contributed by atoms with Gasteiger partial charge in [-0.15, -0.1) is 11.3 Å². The molecule has 180 valence electrons. The summed E-state index contributed by atoms with van der Waals surface area (Å²) in [7, 11) is -0.983. The van der Waals surface area contributed by atoms with Gasteiger partial charge in [-0.2, -0.15) is 4.89 Å². The van der Waals surface area contributed by atoms with Gasteiger partial charge in [-0.25, -0.2) is 13.1 Å². The fraction of sp³-hybridized carbons (Fsp3) is 0.250. The number of sulfonamides is 1. The van der Waals surface area contributed by atoms with Gasteiger partial charge >= 0.3 is 0 Å². The van der Waals surface area contributed by atoms with E-state index in [9.17, 15) is 18.0 Å². The van der Waals surface area contributed by atoms with Crippen LogP contribution in [0.25, 0.3) is 0 Å². The molecule has 34 heavy (non-hydrogen) atoms. The molecule has 0 spiro atoms. The molecule has 0 aliphatic carbocycles. The van der Waals surface area contributed by atoms with Crippen LogP contribution in [0, 0.1) is 6.92 Å². The molecular formula is C20H19ClN4O7S2. The van der Waals surface area contributed by atoms with Crippen molar-refractivity contribution in [2.24, 2.45) is 0 Å². The highest BCUT2D eigenvalue weighted by molar-refractivity contribution is 7.93. The number of nitrogens with zero attached hydrogens (tertiary/aromatic N) is 2. The van der Waals surface area contributed by atoms with Crippen LogP contribution < -0.4 is 14.9 Å². The Balaban J connectivity index is 1.63. The third-order valence-electron chi connectivity index (χ3n) is 4.88. The SMILES string of the molecule is Cc1noc(NS(=O)(=O)c2ccsc2C(=O)Nc2cc3c(cc2CC(=O)N(C)C)OOC3)c1Cl. The Hall–Kier alpha value is -3.13. The smallest absolute Gasteiger partial charge is 0.267 e. The van der Waals surface area contributed by atoms with Gasteiger partial charge in [0.2, 0.25) is 5.91 Å². The molecule has 2 amide bonds. The number of anilines is 2. The second-order valence-electron chi connectivity index (χ2n) is 7.51. The van der Waals surface area contributed by atoms with E-state index in [1.54, 1.807) is 33.2 Å². The normalized spacial score (nSPS) is 12.7. The molecule has 3 aromatic rings. The first-order chi connectivity index (χ1) is 16.1. The number of thiophene rings is 1. The first-order valence-electron chi connectivity index (χ1n) is 9.75. The number of aromatic nitrogens is 1. The fourth-order valence-corrected chi connectivity index (χ4v) is 5.54. The Bertz CT molecular complexity index is 1380. The minimum atomic E-state index is -4.22. The molecule has 3 heterocycles. The molecule has 0 saturated carbocycles. The highest BCUT2D eigenvalue weighted by Crippen LogP contribution is 2.34. The molecule has 0 atom stereocenters. The summed E-state index contributed by atoms with van der Waals surface area (Å²) >= 11 is 6.94. The van der Waals surface area contributed by atoms with Gasteiger partial charge in [-0.05, 0) is 36.1 Å². The number of amides is 2. The van der Waals surface area contributed by atoms with E-state index in [2.05, 4.69) is 15.2 Å². The van der Waals surface area contributed by atoms with Gasteiger partial charge in [0.1, 0.15) is 27.1 Å². The highest BCUT2D eigenvalue weighted by atomic mass is 35.5. The Morgan fingerprint density at radius 1 is 1.29 bits per heavy atom. The number of halogens is 1. The van der Waals surface area contributed by atoms with Crippen LogP contribution in [0.1, 0.15) is 26.5 Å². The Morgan fingerprint density at radius 3 is 2.74 bits per heavy atom. The molecule has 1 aliphatic heterocycles. The van der Waals surface area contributed by atoms with Gasteiger partial charge in [0.25, 0.3) is 21.8 Å². The number of hydrogen-bond acceptors (Lipinski definition) is 9. The predicted molar refractivity (Wildman–Crippen MR) is 124 cm³/mol. The first-order valence-corrected chi connectivity index (χ1v) is 12.5. The van der Waals surface area contributed by atoms with E-state index in [0.717, 1.165) is 11.3 Å². The predicted octanol–water partition coefficient (Wildman–Crippen LogP) is 3.21. The minimum Gasteiger partial charge on any atom is -0.349 e. The van der Waals surface area contributed by atoms with E-state index >= 15 is 0 Å². The maximum absolute atomic E-state index is 13.1. The fourth-order valence-electron chi connectivity index (χ4n) is 3.05. The van der Waals surface area contributed by atoms with E-state index in [1.165, 1.54) is 16.3 Å². The zero-order valence-electron chi connectivity index (χ0n) is 18.2. The maximum atomic E-state index is 13.1. The zero-order valence-corrected chi connectivity index (χ0v) is 20.6. The van der Waals surface area contributed by atoms with Crippen LogP contribution in [-0.2, 0) is 32.7 Å². The second-order valence-corrected chi connectivity index (χ2v) is 10.5. The highest BCUT2D eigenvalue weighted by Gasteiger charge is 2.28. The van der Waals surface area contributed by atoms with Crippen LogP contribution in [0.3, 0.4) is 0 Å². The molecule has 2 N–H and O–H groups in total. The number of carbonyl (C=O) groups excluding carboxylic acids is 2. The van der Waals surface area contributed by atoms with E-state index < -0.39 is 15.9 Å². The van der Waals surface area contributed by atoms with Crippen molar-refractivity contribution in [3.63, 3.8) is 0 Å². The molecule has 4 rings (SSSR count). The molecule has 0 unspecified atom stereocenters. The summed E-state index contributed by atoms with van der Waals surface area (Å²) in [4.78, 5) is 36.6. The van der Waals surface area contributed by atoms with E-state index in [-0.39, 0.29) is 39.6 Å². The Kier molecular flexibility index (Phi) is 6.53. The van der Waals surface area contributed by atoms with Crippen LogP contribution in [0.5, 0.6) is 5.75 Å². The summed E-state index contributed by atoms with van der Waals surface area (Å²) < 4.78 is 33.0. The van der Waals surface area contributed by atoms with Crippen LogP contribution in [0.15, 0.2) is 33.0 Å². The van der Waals surface area contributed by atoms with Gasteiger partial charge in [-0.3, -0.25) is 9.59 Å². The Labute approximate surface area is 203 Å². The maximum Gasteiger partial charge on any atom is 0.267 e. The largest absolute Gasteiger partial charge is 0.349 e. The van der Waals surface area contributed by atoms with E-state index in [4.69, 9.17) is 25.9 Å². The average Bonchev–Trinajstić information content (AvgIpc) is 3.51.